The Morgan fingerprint density at radius 3 is 2.80 bits per heavy atom. The van der Waals surface area contributed by atoms with E-state index in [2.05, 4.69) is 11.5 Å². The number of hydrogen-bond acceptors (Lipinski definition) is 5. The van der Waals surface area contributed by atoms with E-state index >= 15 is 0 Å². The zero-order chi connectivity index (χ0) is 10.8. The number of nitrogens with one attached hydrogen (secondary N) is 1. The highest BCUT2D eigenvalue weighted by Crippen LogP contribution is 2.31. The van der Waals surface area contributed by atoms with E-state index in [9.17, 15) is 0 Å². The molecule has 0 aliphatic carbocycles. The van der Waals surface area contributed by atoms with Crippen molar-refractivity contribution in [2.45, 2.75) is 0 Å². The lowest BCUT2D eigenvalue weighted by Crippen LogP contribution is -2.54. The number of hydrogen-bond donors (Lipinski definition) is 2. The van der Waals surface area contributed by atoms with Crippen molar-refractivity contribution in [3.63, 3.8) is 0 Å². The summed E-state index contributed by atoms with van der Waals surface area (Å²) in [5, 5.41) is 10.8. The van der Waals surface area contributed by atoms with Gasteiger partial charge in [0.15, 0.2) is 0 Å². The summed E-state index contributed by atoms with van der Waals surface area (Å²) in [6.45, 7) is 1.84. The molecule has 0 spiro atoms. The van der Waals surface area contributed by atoms with E-state index in [4.69, 9.17) is 15.7 Å². The zero-order valence-corrected chi connectivity index (χ0v) is 8.45. The first-order valence-corrected chi connectivity index (χ1v) is 4.65. The molecule has 1 heterocycles. The number of nitriles is 1. The van der Waals surface area contributed by atoms with E-state index in [0.717, 1.165) is 18.8 Å². The molecule has 0 unspecified atom stereocenters. The molecule has 0 amide bonds. The molecule has 0 saturated carbocycles. The van der Waals surface area contributed by atoms with Gasteiger partial charge in [-0.05, 0) is 6.07 Å². The van der Waals surface area contributed by atoms with Gasteiger partial charge in [0.05, 0.1) is 24.0 Å². The lowest BCUT2D eigenvalue weighted by molar-refractivity contribution is 0.413. The largest absolute Gasteiger partial charge is 0.495 e. The monoisotopic (exact) mass is 204 g/mol. The Bertz CT molecular complexity index is 420. The fourth-order valence-electron chi connectivity index (χ4n) is 1.50. The fourth-order valence-corrected chi connectivity index (χ4v) is 1.50. The first kappa shape index (κ1) is 9.62. The van der Waals surface area contributed by atoms with Crippen LogP contribution in [0.3, 0.4) is 0 Å². The van der Waals surface area contributed by atoms with Crippen LogP contribution in [-0.4, -0.2) is 20.2 Å². The number of rotatable bonds is 2. The fraction of sp³-hybridized carbons (Fsp3) is 0.300. The maximum absolute atomic E-state index is 8.93. The molecule has 1 aromatic carbocycles. The molecular weight excluding hydrogens is 192 g/mol. The number of anilines is 2. The van der Waals surface area contributed by atoms with Gasteiger partial charge in [-0.2, -0.15) is 5.26 Å². The van der Waals surface area contributed by atoms with E-state index in [1.807, 2.05) is 5.01 Å². The number of hydrazine groups is 1. The highest BCUT2D eigenvalue weighted by atomic mass is 16.5. The average molecular weight is 204 g/mol. The number of benzene rings is 1. The minimum absolute atomic E-state index is 0.496. The van der Waals surface area contributed by atoms with Crippen molar-refractivity contribution in [3.05, 3.63) is 17.7 Å². The third kappa shape index (κ3) is 1.55. The van der Waals surface area contributed by atoms with Crippen LogP contribution in [0.1, 0.15) is 5.56 Å². The van der Waals surface area contributed by atoms with Gasteiger partial charge in [0.25, 0.3) is 0 Å². The highest BCUT2D eigenvalue weighted by Gasteiger charge is 2.18. The number of nitrogens with zero attached hydrogens (tertiary/aromatic N) is 2. The summed E-state index contributed by atoms with van der Waals surface area (Å²) in [4.78, 5) is 0. The van der Waals surface area contributed by atoms with Crippen LogP contribution < -0.4 is 20.9 Å². The van der Waals surface area contributed by atoms with Gasteiger partial charge in [0.2, 0.25) is 0 Å². The Hall–Kier alpha value is -1.93. The second-order valence-corrected chi connectivity index (χ2v) is 3.28. The summed E-state index contributed by atoms with van der Waals surface area (Å²) in [6, 6.07) is 5.49. The molecule has 5 heteroatoms. The molecule has 2 rings (SSSR count). The third-order valence-corrected chi connectivity index (χ3v) is 2.40. The number of nitrogen functional groups attached to an aromatic ring is 1. The van der Waals surface area contributed by atoms with Crippen LogP contribution in [0.2, 0.25) is 0 Å². The summed E-state index contributed by atoms with van der Waals surface area (Å²) in [5.74, 6) is 0.513. The molecule has 15 heavy (non-hydrogen) atoms. The molecule has 1 aliphatic rings. The molecule has 3 N–H and O–H groups in total. The van der Waals surface area contributed by atoms with Crippen LogP contribution in [0.5, 0.6) is 5.75 Å². The van der Waals surface area contributed by atoms with Gasteiger partial charge in [-0.1, -0.05) is 0 Å². The lowest BCUT2D eigenvalue weighted by atomic mass is 10.1. The minimum atomic E-state index is 0.496. The van der Waals surface area contributed by atoms with Gasteiger partial charge >= 0.3 is 0 Å². The van der Waals surface area contributed by atoms with E-state index in [0.29, 0.717) is 17.0 Å². The molecule has 0 atom stereocenters. The summed E-state index contributed by atoms with van der Waals surface area (Å²) >= 11 is 0. The molecule has 78 valence electrons. The Morgan fingerprint density at radius 1 is 1.60 bits per heavy atom. The van der Waals surface area contributed by atoms with Crippen LogP contribution in [0, 0.1) is 11.3 Å². The highest BCUT2D eigenvalue weighted by molar-refractivity contribution is 5.73. The molecular formula is C10H12N4O. The predicted octanol–water partition coefficient (Wildman–Crippen LogP) is 0.474. The Morgan fingerprint density at radius 2 is 2.33 bits per heavy atom. The standard InChI is InChI=1S/C10H12N4O/c1-15-10-5-8(12)9(4-7(10)6-11)14-3-2-13-14/h4-5,13H,2-3,12H2,1H3. The number of ether oxygens (including phenoxy) is 1. The number of nitrogens with two attached hydrogens (primary N) is 1. The van der Waals surface area contributed by atoms with Crippen molar-refractivity contribution in [3.8, 4) is 11.8 Å². The topological polar surface area (TPSA) is 74.3 Å². The van der Waals surface area contributed by atoms with Crippen LogP contribution >= 0.6 is 0 Å². The van der Waals surface area contributed by atoms with Gasteiger partial charge in [0, 0.05) is 19.2 Å². The molecule has 1 saturated heterocycles. The van der Waals surface area contributed by atoms with Crippen LogP contribution in [0.15, 0.2) is 12.1 Å². The van der Waals surface area contributed by atoms with Crippen molar-refractivity contribution in [2.75, 3.05) is 30.9 Å². The van der Waals surface area contributed by atoms with Crippen molar-refractivity contribution in [1.82, 2.24) is 5.43 Å². The van der Waals surface area contributed by atoms with E-state index < -0.39 is 0 Å². The molecule has 1 aliphatic heterocycles. The Labute approximate surface area is 88.0 Å². The predicted molar refractivity (Wildman–Crippen MR) is 57.5 cm³/mol. The minimum Gasteiger partial charge on any atom is -0.495 e. The van der Waals surface area contributed by atoms with Gasteiger partial charge in [-0.25, -0.2) is 5.43 Å². The molecule has 0 aromatic heterocycles. The smallest absolute Gasteiger partial charge is 0.138 e. The van der Waals surface area contributed by atoms with Crippen LogP contribution in [-0.2, 0) is 0 Å². The zero-order valence-electron chi connectivity index (χ0n) is 8.45. The molecule has 0 bridgehead atoms. The lowest BCUT2D eigenvalue weighted by Gasteiger charge is -2.35. The second-order valence-electron chi connectivity index (χ2n) is 3.28. The van der Waals surface area contributed by atoms with E-state index in [1.165, 1.54) is 7.11 Å². The van der Waals surface area contributed by atoms with Crippen molar-refractivity contribution in [1.29, 1.82) is 5.26 Å². The van der Waals surface area contributed by atoms with Gasteiger partial charge in [0.1, 0.15) is 11.8 Å². The first-order chi connectivity index (χ1) is 7.26. The molecule has 1 fully saturated rings. The Balaban J connectivity index is 2.43. The second kappa shape index (κ2) is 3.67. The van der Waals surface area contributed by atoms with Crippen LogP contribution in [0.4, 0.5) is 11.4 Å². The van der Waals surface area contributed by atoms with Crippen LogP contribution in [0.25, 0.3) is 0 Å². The molecule has 1 aromatic rings. The number of methoxy groups -OCH3 is 1. The molecule has 0 radical (unpaired) electrons. The van der Waals surface area contributed by atoms with E-state index in [1.54, 1.807) is 12.1 Å². The normalized spacial score (nSPS) is 14.3. The summed E-state index contributed by atoms with van der Waals surface area (Å²) in [7, 11) is 1.52. The summed E-state index contributed by atoms with van der Waals surface area (Å²) < 4.78 is 5.06. The molecule has 5 nitrogen and oxygen atoms in total. The summed E-state index contributed by atoms with van der Waals surface area (Å²) in [6.07, 6.45) is 0. The summed E-state index contributed by atoms with van der Waals surface area (Å²) in [5.41, 5.74) is 10.9. The maximum atomic E-state index is 8.93. The maximum Gasteiger partial charge on any atom is 0.138 e. The van der Waals surface area contributed by atoms with Gasteiger partial charge < -0.3 is 15.5 Å². The van der Waals surface area contributed by atoms with E-state index in [-0.39, 0.29) is 0 Å². The third-order valence-electron chi connectivity index (χ3n) is 2.40. The SMILES string of the molecule is COc1cc(N)c(N2CCN2)cc1C#N. The van der Waals surface area contributed by atoms with Gasteiger partial charge in [-0.15, -0.1) is 0 Å². The van der Waals surface area contributed by atoms with Crippen molar-refractivity contribution < 1.29 is 4.74 Å². The van der Waals surface area contributed by atoms with Crippen molar-refractivity contribution >= 4 is 11.4 Å². The van der Waals surface area contributed by atoms with Gasteiger partial charge in [-0.3, -0.25) is 0 Å². The quantitative estimate of drug-likeness (QED) is 0.685. The van der Waals surface area contributed by atoms with Crippen molar-refractivity contribution in [2.24, 2.45) is 0 Å². The average Bonchev–Trinajstić information content (AvgIpc) is 2.17. The first-order valence-electron chi connectivity index (χ1n) is 4.65. The Kier molecular flexibility index (Phi) is 2.35.